The SMILES string of the molecule is O=C1CN=C(c2cc(Br)c[n+]([O-])c2)N1. The van der Waals surface area contributed by atoms with E-state index < -0.39 is 0 Å². The minimum atomic E-state index is -0.155. The van der Waals surface area contributed by atoms with Crippen molar-refractivity contribution in [1.82, 2.24) is 5.32 Å². The zero-order valence-corrected chi connectivity index (χ0v) is 8.61. The molecule has 0 bridgehead atoms. The molecule has 0 spiro atoms. The third-order valence-corrected chi connectivity index (χ3v) is 2.16. The lowest BCUT2D eigenvalue weighted by Gasteiger charge is -2.02. The second-order valence-corrected chi connectivity index (χ2v) is 3.73. The first kappa shape index (κ1) is 9.14. The Morgan fingerprint density at radius 2 is 2.36 bits per heavy atom. The molecule has 1 aliphatic rings. The van der Waals surface area contributed by atoms with Crippen molar-refractivity contribution in [3.63, 3.8) is 0 Å². The van der Waals surface area contributed by atoms with E-state index in [0.717, 1.165) is 0 Å². The molecule has 72 valence electrons. The van der Waals surface area contributed by atoms with E-state index in [2.05, 4.69) is 26.2 Å². The monoisotopic (exact) mass is 255 g/mol. The Morgan fingerprint density at radius 3 is 2.93 bits per heavy atom. The van der Waals surface area contributed by atoms with E-state index in [9.17, 15) is 10.0 Å². The lowest BCUT2D eigenvalue weighted by Crippen LogP contribution is -2.30. The number of amidine groups is 1. The van der Waals surface area contributed by atoms with Gasteiger partial charge in [0.05, 0.1) is 10.0 Å². The molecule has 0 aliphatic carbocycles. The molecule has 2 rings (SSSR count). The van der Waals surface area contributed by atoms with E-state index in [1.165, 1.54) is 12.4 Å². The van der Waals surface area contributed by atoms with Gasteiger partial charge in [-0.1, -0.05) is 0 Å². The molecule has 0 saturated carbocycles. The van der Waals surface area contributed by atoms with Gasteiger partial charge < -0.3 is 10.5 Å². The summed E-state index contributed by atoms with van der Waals surface area (Å²) in [7, 11) is 0. The fourth-order valence-electron chi connectivity index (χ4n) is 1.17. The Morgan fingerprint density at radius 1 is 1.57 bits per heavy atom. The molecular formula is C8H6BrN3O2. The van der Waals surface area contributed by atoms with Gasteiger partial charge in [0.15, 0.2) is 12.4 Å². The van der Waals surface area contributed by atoms with Gasteiger partial charge in [0, 0.05) is 0 Å². The molecule has 0 radical (unpaired) electrons. The van der Waals surface area contributed by atoms with E-state index in [1.807, 2.05) is 0 Å². The number of rotatable bonds is 1. The number of aliphatic imine (C=N–C) groups is 1. The first-order valence-corrected chi connectivity index (χ1v) is 4.68. The van der Waals surface area contributed by atoms with Crippen LogP contribution >= 0.6 is 15.9 Å². The average Bonchev–Trinajstić information content (AvgIpc) is 2.50. The number of carbonyl (C=O) groups excluding carboxylic acids is 1. The molecule has 1 aromatic heterocycles. The molecule has 6 heteroatoms. The second kappa shape index (κ2) is 3.38. The third kappa shape index (κ3) is 1.74. The summed E-state index contributed by atoms with van der Waals surface area (Å²) in [4.78, 5) is 14.8. The number of pyridine rings is 1. The molecule has 1 amide bonds. The summed E-state index contributed by atoms with van der Waals surface area (Å²) in [5.74, 6) is 0.290. The Labute approximate surface area is 88.2 Å². The third-order valence-electron chi connectivity index (χ3n) is 1.72. The van der Waals surface area contributed by atoms with Crippen molar-refractivity contribution in [2.45, 2.75) is 0 Å². The van der Waals surface area contributed by atoms with Crippen LogP contribution in [0.2, 0.25) is 0 Å². The Bertz CT molecular complexity index is 410. The maximum atomic E-state index is 11.1. The molecule has 5 nitrogen and oxygen atoms in total. The summed E-state index contributed by atoms with van der Waals surface area (Å²) in [5.41, 5.74) is 0.597. The number of aromatic nitrogens is 1. The van der Waals surface area contributed by atoms with Crippen molar-refractivity contribution >= 4 is 27.7 Å². The van der Waals surface area contributed by atoms with Crippen LogP contribution in [0.4, 0.5) is 0 Å². The fraction of sp³-hybridized carbons (Fsp3) is 0.125. The van der Waals surface area contributed by atoms with Crippen molar-refractivity contribution in [3.8, 4) is 0 Å². The Balaban J connectivity index is 2.37. The van der Waals surface area contributed by atoms with E-state index in [4.69, 9.17) is 0 Å². The summed E-state index contributed by atoms with van der Waals surface area (Å²) in [6.07, 6.45) is 2.73. The normalized spacial score (nSPS) is 15.2. The van der Waals surface area contributed by atoms with Crippen LogP contribution in [0.1, 0.15) is 5.56 Å². The molecule has 0 atom stereocenters. The number of nitrogens with zero attached hydrogens (tertiary/aromatic N) is 2. The van der Waals surface area contributed by atoms with Crippen LogP contribution in [0.3, 0.4) is 0 Å². The van der Waals surface area contributed by atoms with Crippen molar-refractivity contribution < 1.29 is 9.52 Å². The van der Waals surface area contributed by atoms with Crippen LogP contribution in [0.15, 0.2) is 27.9 Å². The molecule has 0 fully saturated rings. The number of hydrogen-bond donors (Lipinski definition) is 1. The van der Waals surface area contributed by atoms with Gasteiger partial charge in [0.25, 0.3) is 0 Å². The topological polar surface area (TPSA) is 68.4 Å². The van der Waals surface area contributed by atoms with Crippen molar-refractivity contribution in [2.75, 3.05) is 6.54 Å². The van der Waals surface area contributed by atoms with Gasteiger partial charge in [0.2, 0.25) is 5.91 Å². The Hall–Kier alpha value is -1.43. The fourth-order valence-corrected chi connectivity index (χ4v) is 1.62. The van der Waals surface area contributed by atoms with Crippen LogP contribution in [-0.2, 0) is 4.79 Å². The maximum Gasteiger partial charge on any atom is 0.247 e. The quantitative estimate of drug-likeness (QED) is 0.565. The number of carbonyl (C=O) groups is 1. The molecule has 14 heavy (non-hydrogen) atoms. The molecule has 0 unspecified atom stereocenters. The van der Waals surface area contributed by atoms with E-state index in [1.54, 1.807) is 6.07 Å². The highest BCUT2D eigenvalue weighted by atomic mass is 79.9. The van der Waals surface area contributed by atoms with Crippen LogP contribution in [0.5, 0.6) is 0 Å². The van der Waals surface area contributed by atoms with Crippen LogP contribution in [-0.4, -0.2) is 18.3 Å². The van der Waals surface area contributed by atoms with Gasteiger partial charge >= 0.3 is 0 Å². The first-order chi connectivity index (χ1) is 6.65. The van der Waals surface area contributed by atoms with E-state index >= 15 is 0 Å². The minimum Gasteiger partial charge on any atom is -0.619 e. The van der Waals surface area contributed by atoms with Gasteiger partial charge in [-0.2, -0.15) is 4.73 Å². The number of halogens is 1. The minimum absolute atomic E-state index is 0.126. The van der Waals surface area contributed by atoms with Gasteiger partial charge in [-0.3, -0.25) is 9.79 Å². The molecule has 1 aliphatic heterocycles. The van der Waals surface area contributed by atoms with Crippen LogP contribution in [0.25, 0.3) is 0 Å². The summed E-state index contributed by atoms with van der Waals surface area (Å²) >= 11 is 3.19. The first-order valence-electron chi connectivity index (χ1n) is 3.89. The van der Waals surface area contributed by atoms with Crippen LogP contribution in [0, 0.1) is 5.21 Å². The predicted octanol–water partition coefficient (Wildman–Crippen LogP) is -0.0411. The largest absolute Gasteiger partial charge is 0.619 e. The van der Waals surface area contributed by atoms with Gasteiger partial charge in [0.1, 0.15) is 12.4 Å². The second-order valence-electron chi connectivity index (χ2n) is 2.82. The smallest absolute Gasteiger partial charge is 0.247 e. The molecule has 1 aromatic rings. The highest BCUT2D eigenvalue weighted by Crippen LogP contribution is 2.10. The van der Waals surface area contributed by atoms with E-state index in [-0.39, 0.29) is 12.5 Å². The number of hydrogen-bond acceptors (Lipinski definition) is 3. The van der Waals surface area contributed by atoms with Crippen LogP contribution < -0.4 is 10.0 Å². The van der Waals surface area contributed by atoms with Gasteiger partial charge in [-0.15, -0.1) is 0 Å². The molecule has 0 aromatic carbocycles. The lowest BCUT2D eigenvalue weighted by atomic mass is 10.2. The summed E-state index contributed by atoms with van der Waals surface area (Å²) in [5, 5.41) is 13.6. The van der Waals surface area contributed by atoms with Gasteiger partial charge in [-0.25, -0.2) is 0 Å². The number of nitrogens with one attached hydrogen (secondary N) is 1. The highest BCUT2D eigenvalue weighted by Gasteiger charge is 2.17. The standard InChI is InChI=1S/C8H6BrN3O2/c9-6-1-5(3-12(14)4-6)8-10-2-7(13)11-8/h1,3-4H,2H2,(H,10,11,13). The summed E-state index contributed by atoms with van der Waals surface area (Å²) in [6.45, 7) is 0.126. The Kier molecular flexibility index (Phi) is 2.20. The lowest BCUT2D eigenvalue weighted by molar-refractivity contribution is -0.606. The maximum absolute atomic E-state index is 11.1. The van der Waals surface area contributed by atoms with Crippen molar-refractivity contribution in [1.29, 1.82) is 0 Å². The molecular weight excluding hydrogens is 250 g/mol. The summed E-state index contributed by atoms with van der Waals surface area (Å²) in [6, 6.07) is 1.72. The molecule has 1 N–H and O–H groups in total. The average molecular weight is 256 g/mol. The zero-order valence-electron chi connectivity index (χ0n) is 7.03. The van der Waals surface area contributed by atoms with Gasteiger partial charge in [-0.05, 0) is 22.0 Å². The van der Waals surface area contributed by atoms with Crippen molar-refractivity contribution in [2.24, 2.45) is 4.99 Å². The number of amides is 1. The highest BCUT2D eigenvalue weighted by molar-refractivity contribution is 9.10. The van der Waals surface area contributed by atoms with Crippen molar-refractivity contribution in [3.05, 3.63) is 33.7 Å². The zero-order chi connectivity index (χ0) is 10.1. The van der Waals surface area contributed by atoms with E-state index in [0.29, 0.717) is 20.6 Å². The predicted molar refractivity (Wildman–Crippen MR) is 52.6 cm³/mol. The summed E-state index contributed by atoms with van der Waals surface area (Å²) < 4.78 is 1.31. The molecule has 0 saturated heterocycles. The molecule has 2 heterocycles.